The lowest BCUT2D eigenvalue weighted by Crippen LogP contribution is -2.28. The molecule has 1 N–H and O–H groups in total. The highest BCUT2D eigenvalue weighted by Gasteiger charge is 2.18. The molecule has 2 rings (SSSR count). The van der Waals surface area contributed by atoms with Crippen molar-refractivity contribution in [1.29, 1.82) is 0 Å². The summed E-state index contributed by atoms with van der Waals surface area (Å²) >= 11 is 0. The summed E-state index contributed by atoms with van der Waals surface area (Å²) in [5, 5.41) is 3.33. The van der Waals surface area contributed by atoms with E-state index in [1.54, 1.807) is 6.26 Å². The molecule has 1 aromatic rings. The molecule has 0 amide bonds. The van der Waals surface area contributed by atoms with Crippen molar-refractivity contribution in [3.8, 4) is 0 Å². The van der Waals surface area contributed by atoms with Crippen LogP contribution in [0.15, 0.2) is 16.7 Å². The third-order valence-electron chi connectivity index (χ3n) is 3.36. The number of nitrogens with one attached hydrogen (secondary N) is 1. The highest BCUT2D eigenvalue weighted by Crippen LogP contribution is 2.16. The van der Waals surface area contributed by atoms with E-state index in [4.69, 9.17) is 9.15 Å². The Balaban J connectivity index is 1.81. The summed E-state index contributed by atoms with van der Waals surface area (Å²) in [7, 11) is 2.13. The van der Waals surface area contributed by atoms with Crippen LogP contribution in [0.4, 0.5) is 0 Å². The highest BCUT2D eigenvalue weighted by molar-refractivity contribution is 5.16. The number of nitrogens with zero attached hydrogens (tertiary/aromatic N) is 1. The van der Waals surface area contributed by atoms with Gasteiger partial charge in [0.25, 0.3) is 0 Å². The monoisotopic (exact) mass is 252 g/mol. The first kappa shape index (κ1) is 13.6. The molecule has 1 saturated heterocycles. The minimum absolute atomic E-state index is 0.405. The van der Waals surface area contributed by atoms with Crippen LogP contribution in [0.25, 0.3) is 0 Å². The third-order valence-corrected chi connectivity index (χ3v) is 3.36. The zero-order chi connectivity index (χ0) is 12.8. The summed E-state index contributed by atoms with van der Waals surface area (Å²) in [5.74, 6) is 1.07. The van der Waals surface area contributed by atoms with E-state index < -0.39 is 0 Å². The second-order valence-electron chi connectivity index (χ2n) is 4.98. The molecule has 4 heteroatoms. The lowest BCUT2D eigenvalue weighted by atomic mass is 10.2. The molecule has 1 atom stereocenters. The van der Waals surface area contributed by atoms with Gasteiger partial charge in [-0.2, -0.15) is 0 Å². The fourth-order valence-corrected chi connectivity index (χ4v) is 2.37. The molecule has 1 fully saturated rings. The standard InChI is InChI=1S/C14H24N2O2/c1-3-15-9-12-6-8-18-14(12)11-16(2)10-13-5-4-7-17-13/h6,8,13,15H,3-5,7,9-11H2,1-2H3. The molecule has 18 heavy (non-hydrogen) atoms. The van der Waals surface area contributed by atoms with Crippen LogP contribution in [-0.4, -0.2) is 37.7 Å². The molecule has 0 aliphatic carbocycles. The Morgan fingerprint density at radius 2 is 2.39 bits per heavy atom. The molecule has 0 radical (unpaired) electrons. The Bertz CT molecular complexity index is 345. The topological polar surface area (TPSA) is 37.6 Å². The van der Waals surface area contributed by atoms with Gasteiger partial charge >= 0.3 is 0 Å². The molecular formula is C14H24N2O2. The molecule has 0 spiro atoms. The second kappa shape index (κ2) is 6.92. The van der Waals surface area contributed by atoms with Gasteiger partial charge in [0.15, 0.2) is 0 Å². The summed E-state index contributed by atoms with van der Waals surface area (Å²) in [6.07, 6.45) is 4.57. The van der Waals surface area contributed by atoms with Crippen LogP contribution in [0, 0.1) is 0 Å². The summed E-state index contributed by atoms with van der Waals surface area (Å²) in [4.78, 5) is 2.28. The van der Waals surface area contributed by atoms with E-state index in [1.807, 2.05) is 0 Å². The third kappa shape index (κ3) is 3.83. The number of ether oxygens (including phenoxy) is 1. The van der Waals surface area contributed by atoms with Crippen LogP contribution in [0.2, 0.25) is 0 Å². The van der Waals surface area contributed by atoms with Crippen molar-refractivity contribution >= 4 is 0 Å². The maximum absolute atomic E-state index is 5.65. The van der Waals surface area contributed by atoms with E-state index >= 15 is 0 Å². The van der Waals surface area contributed by atoms with Crippen LogP contribution in [0.3, 0.4) is 0 Å². The van der Waals surface area contributed by atoms with E-state index in [-0.39, 0.29) is 0 Å². The van der Waals surface area contributed by atoms with Gasteiger partial charge < -0.3 is 14.5 Å². The van der Waals surface area contributed by atoms with Crippen molar-refractivity contribution in [2.75, 3.05) is 26.7 Å². The summed E-state index contributed by atoms with van der Waals surface area (Å²) in [6.45, 7) is 6.75. The number of likely N-dealkylation sites (N-methyl/N-ethyl adjacent to an activating group) is 1. The van der Waals surface area contributed by atoms with E-state index in [1.165, 1.54) is 18.4 Å². The van der Waals surface area contributed by atoms with E-state index in [9.17, 15) is 0 Å². The zero-order valence-corrected chi connectivity index (χ0v) is 11.4. The molecule has 1 aliphatic heterocycles. The summed E-state index contributed by atoms with van der Waals surface area (Å²) in [5.41, 5.74) is 1.26. The smallest absolute Gasteiger partial charge is 0.122 e. The number of hydrogen-bond acceptors (Lipinski definition) is 4. The first-order valence-corrected chi connectivity index (χ1v) is 6.85. The number of furan rings is 1. The Morgan fingerprint density at radius 3 is 3.11 bits per heavy atom. The fourth-order valence-electron chi connectivity index (χ4n) is 2.37. The molecule has 2 heterocycles. The van der Waals surface area contributed by atoms with E-state index in [0.29, 0.717) is 6.10 Å². The molecule has 102 valence electrons. The summed E-state index contributed by atoms with van der Waals surface area (Å²) in [6, 6.07) is 2.05. The average molecular weight is 252 g/mol. The quantitative estimate of drug-likeness (QED) is 0.805. The second-order valence-corrected chi connectivity index (χ2v) is 4.98. The lowest BCUT2D eigenvalue weighted by Gasteiger charge is -2.19. The van der Waals surface area contributed by atoms with Gasteiger partial charge in [0.1, 0.15) is 5.76 Å². The van der Waals surface area contributed by atoms with E-state index in [2.05, 4.69) is 30.3 Å². The Hall–Kier alpha value is -0.840. The Kier molecular flexibility index (Phi) is 5.23. The molecule has 1 aromatic heterocycles. The van der Waals surface area contributed by atoms with Gasteiger partial charge in [0, 0.05) is 25.3 Å². The van der Waals surface area contributed by atoms with Crippen molar-refractivity contribution in [2.45, 2.75) is 39.0 Å². The van der Waals surface area contributed by atoms with Gasteiger partial charge in [-0.25, -0.2) is 0 Å². The number of rotatable bonds is 7. The number of hydrogen-bond donors (Lipinski definition) is 1. The van der Waals surface area contributed by atoms with Crippen LogP contribution < -0.4 is 5.32 Å². The molecule has 1 aliphatic rings. The average Bonchev–Trinajstić information content (AvgIpc) is 2.98. The lowest BCUT2D eigenvalue weighted by molar-refractivity contribution is 0.0773. The largest absolute Gasteiger partial charge is 0.468 e. The predicted molar refractivity (Wildman–Crippen MR) is 71.4 cm³/mol. The first-order chi connectivity index (χ1) is 8.79. The molecular weight excluding hydrogens is 228 g/mol. The van der Waals surface area contributed by atoms with Gasteiger partial charge in [-0.15, -0.1) is 0 Å². The fraction of sp³-hybridized carbons (Fsp3) is 0.714. The van der Waals surface area contributed by atoms with Gasteiger partial charge in [-0.3, -0.25) is 4.90 Å². The van der Waals surface area contributed by atoms with Crippen LogP contribution in [0.1, 0.15) is 31.1 Å². The normalized spacial score (nSPS) is 19.8. The predicted octanol–water partition coefficient (Wildman–Crippen LogP) is 2.00. The zero-order valence-electron chi connectivity index (χ0n) is 11.4. The van der Waals surface area contributed by atoms with Gasteiger partial charge in [0.2, 0.25) is 0 Å². The Morgan fingerprint density at radius 1 is 1.50 bits per heavy atom. The van der Waals surface area contributed by atoms with Gasteiger partial charge in [-0.05, 0) is 32.5 Å². The van der Waals surface area contributed by atoms with Crippen molar-refractivity contribution in [3.63, 3.8) is 0 Å². The van der Waals surface area contributed by atoms with Crippen LogP contribution in [-0.2, 0) is 17.8 Å². The highest BCUT2D eigenvalue weighted by atomic mass is 16.5. The maximum Gasteiger partial charge on any atom is 0.122 e. The molecule has 4 nitrogen and oxygen atoms in total. The van der Waals surface area contributed by atoms with Crippen LogP contribution in [0.5, 0.6) is 0 Å². The SMILES string of the molecule is CCNCc1ccoc1CN(C)CC1CCCO1. The van der Waals surface area contributed by atoms with Crippen molar-refractivity contribution < 1.29 is 9.15 Å². The Labute approximate surface area is 109 Å². The minimum Gasteiger partial charge on any atom is -0.468 e. The minimum atomic E-state index is 0.405. The van der Waals surface area contributed by atoms with E-state index in [0.717, 1.165) is 38.5 Å². The first-order valence-electron chi connectivity index (χ1n) is 6.85. The van der Waals surface area contributed by atoms with Crippen molar-refractivity contribution in [2.24, 2.45) is 0 Å². The molecule has 0 aromatic carbocycles. The van der Waals surface area contributed by atoms with Crippen molar-refractivity contribution in [3.05, 3.63) is 23.7 Å². The van der Waals surface area contributed by atoms with Crippen molar-refractivity contribution in [1.82, 2.24) is 10.2 Å². The molecule has 1 unspecified atom stereocenters. The van der Waals surface area contributed by atoms with Gasteiger partial charge in [-0.1, -0.05) is 6.92 Å². The molecule has 0 saturated carbocycles. The molecule has 0 bridgehead atoms. The van der Waals surface area contributed by atoms with Crippen LogP contribution >= 0.6 is 0 Å². The summed E-state index contributed by atoms with van der Waals surface area (Å²) < 4.78 is 11.2. The van der Waals surface area contributed by atoms with Gasteiger partial charge in [0.05, 0.1) is 18.9 Å². The maximum atomic E-state index is 5.65.